The molecule has 1 fully saturated rings. The molecule has 0 spiro atoms. The van der Waals surface area contributed by atoms with E-state index in [0.29, 0.717) is 0 Å². The number of alkyl halides is 1. The van der Waals surface area contributed by atoms with Gasteiger partial charge >= 0.3 is 0 Å². The molecule has 0 bridgehead atoms. The molecule has 1 aliphatic heterocycles. The maximum atomic E-state index is 4.34. The second-order valence-electron chi connectivity index (χ2n) is 5.03. The van der Waals surface area contributed by atoms with Gasteiger partial charge in [0.15, 0.2) is 5.65 Å². The van der Waals surface area contributed by atoms with Crippen molar-refractivity contribution in [3.05, 3.63) is 24.0 Å². The zero-order valence-electron chi connectivity index (χ0n) is 10.5. The second-order valence-corrected chi connectivity index (χ2v) is 5.68. The Kier molecular flexibility index (Phi) is 3.24. The zero-order valence-corrected chi connectivity index (χ0v) is 12.1. The van der Waals surface area contributed by atoms with Crippen LogP contribution in [-0.4, -0.2) is 33.0 Å². The van der Waals surface area contributed by atoms with E-state index in [0.717, 1.165) is 30.0 Å². The van der Waals surface area contributed by atoms with Gasteiger partial charge in [0.1, 0.15) is 12.1 Å². The van der Waals surface area contributed by atoms with Crippen LogP contribution in [0.3, 0.4) is 0 Å². The molecule has 4 nitrogen and oxygen atoms in total. The molecule has 2 aromatic heterocycles. The fraction of sp³-hybridized carbons (Fsp3) is 0.538. The highest BCUT2D eigenvalue weighted by Crippen LogP contribution is 2.25. The summed E-state index contributed by atoms with van der Waals surface area (Å²) < 4.78 is 1.95. The average Bonchev–Trinajstić information content (AvgIpc) is 2.85. The Balaban J connectivity index is 2.00. The third-order valence-electron chi connectivity index (χ3n) is 3.57. The van der Waals surface area contributed by atoms with E-state index in [9.17, 15) is 0 Å². The first-order chi connectivity index (χ1) is 8.78. The normalized spacial score (nSPS) is 20.6. The van der Waals surface area contributed by atoms with Gasteiger partial charge in [0.2, 0.25) is 0 Å². The van der Waals surface area contributed by atoms with E-state index in [1.54, 1.807) is 6.33 Å². The van der Waals surface area contributed by atoms with Crippen LogP contribution in [0.25, 0.3) is 5.65 Å². The highest BCUT2D eigenvalue weighted by atomic mass is 79.9. The second kappa shape index (κ2) is 4.88. The minimum atomic E-state index is 0.734. The molecule has 1 atom stereocenters. The molecule has 1 aliphatic rings. The van der Waals surface area contributed by atoms with Gasteiger partial charge < -0.3 is 4.90 Å². The third kappa shape index (κ3) is 2.11. The van der Waals surface area contributed by atoms with E-state index in [1.807, 2.05) is 4.52 Å². The summed E-state index contributed by atoms with van der Waals surface area (Å²) in [7, 11) is 0. The van der Waals surface area contributed by atoms with Crippen LogP contribution < -0.4 is 4.90 Å². The van der Waals surface area contributed by atoms with E-state index in [4.69, 9.17) is 0 Å². The molecule has 96 valence electrons. The number of pyridine rings is 1. The summed E-state index contributed by atoms with van der Waals surface area (Å²) in [5.41, 5.74) is 2.18. The van der Waals surface area contributed by atoms with Gasteiger partial charge in [-0.15, -0.1) is 0 Å². The summed E-state index contributed by atoms with van der Waals surface area (Å²) in [5.74, 6) is 1.91. The molecule has 5 heteroatoms. The molecular weight excluding hydrogens is 292 g/mol. The van der Waals surface area contributed by atoms with E-state index in [2.05, 4.69) is 50.0 Å². The first-order valence-corrected chi connectivity index (χ1v) is 7.51. The van der Waals surface area contributed by atoms with Crippen LogP contribution in [-0.2, 0) is 0 Å². The molecule has 1 unspecified atom stereocenters. The van der Waals surface area contributed by atoms with Crippen molar-refractivity contribution in [1.82, 2.24) is 14.6 Å². The lowest BCUT2D eigenvalue weighted by molar-refractivity contribution is 0.451. The van der Waals surface area contributed by atoms with Gasteiger partial charge in [-0.2, -0.15) is 9.61 Å². The molecule has 0 aliphatic carbocycles. The summed E-state index contributed by atoms with van der Waals surface area (Å²) in [6, 6.07) is 4.28. The number of piperidine rings is 1. The average molecular weight is 309 g/mol. The van der Waals surface area contributed by atoms with E-state index < -0.39 is 0 Å². The van der Waals surface area contributed by atoms with Gasteiger partial charge in [-0.1, -0.05) is 15.9 Å². The highest BCUT2D eigenvalue weighted by Gasteiger charge is 2.21. The molecule has 0 radical (unpaired) electrons. The number of aryl methyl sites for hydroxylation is 1. The lowest BCUT2D eigenvalue weighted by Gasteiger charge is -2.33. The van der Waals surface area contributed by atoms with Crippen molar-refractivity contribution < 1.29 is 0 Å². The van der Waals surface area contributed by atoms with Gasteiger partial charge in [0.05, 0.1) is 0 Å². The van der Waals surface area contributed by atoms with Crippen molar-refractivity contribution in [1.29, 1.82) is 0 Å². The van der Waals surface area contributed by atoms with Crippen LogP contribution in [0.1, 0.15) is 18.4 Å². The van der Waals surface area contributed by atoms with Crippen molar-refractivity contribution in [2.75, 3.05) is 23.3 Å². The van der Waals surface area contributed by atoms with Crippen LogP contribution in [0, 0.1) is 12.8 Å². The molecule has 3 heterocycles. The van der Waals surface area contributed by atoms with Crippen molar-refractivity contribution in [3.8, 4) is 0 Å². The first-order valence-electron chi connectivity index (χ1n) is 6.39. The predicted octanol–water partition coefficient (Wildman–Crippen LogP) is 2.65. The fourth-order valence-corrected chi connectivity index (χ4v) is 3.19. The Hall–Kier alpha value is -1.10. The lowest BCUT2D eigenvalue weighted by Crippen LogP contribution is -2.37. The van der Waals surface area contributed by atoms with Gasteiger partial charge in [-0.25, -0.2) is 4.98 Å². The van der Waals surface area contributed by atoms with Crippen LogP contribution in [0.4, 0.5) is 5.82 Å². The topological polar surface area (TPSA) is 33.4 Å². The van der Waals surface area contributed by atoms with E-state index in [-0.39, 0.29) is 0 Å². The monoisotopic (exact) mass is 308 g/mol. The molecule has 2 aromatic rings. The van der Waals surface area contributed by atoms with Crippen molar-refractivity contribution >= 4 is 27.4 Å². The van der Waals surface area contributed by atoms with Crippen molar-refractivity contribution in [2.24, 2.45) is 5.92 Å². The van der Waals surface area contributed by atoms with E-state index >= 15 is 0 Å². The minimum absolute atomic E-state index is 0.734. The number of hydrogen-bond acceptors (Lipinski definition) is 3. The van der Waals surface area contributed by atoms with Crippen molar-refractivity contribution in [3.63, 3.8) is 0 Å². The van der Waals surface area contributed by atoms with Gasteiger partial charge in [0.25, 0.3) is 0 Å². The van der Waals surface area contributed by atoms with Crippen LogP contribution in [0.15, 0.2) is 18.5 Å². The number of rotatable bonds is 2. The number of aromatic nitrogens is 3. The Morgan fingerprint density at radius 2 is 2.33 bits per heavy atom. The highest BCUT2D eigenvalue weighted by molar-refractivity contribution is 9.09. The molecular formula is C13H17BrN4. The molecule has 3 rings (SSSR count). The lowest BCUT2D eigenvalue weighted by atomic mass is 10.0. The number of hydrogen-bond donors (Lipinski definition) is 0. The summed E-state index contributed by atoms with van der Waals surface area (Å²) in [5, 5.41) is 5.42. The van der Waals surface area contributed by atoms with E-state index in [1.165, 1.54) is 24.2 Å². The smallest absolute Gasteiger partial charge is 0.157 e. The quantitative estimate of drug-likeness (QED) is 0.800. The first kappa shape index (κ1) is 12.0. The maximum Gasteiger partial charge on any atom is 0.157 e. The number of halogens is 1. The SMILES string of the molecule is Cc1cc(N2CCCC(CBr)C2)n2ncnc2c1. The molecule has 18 heavy (non-hydrogen) atoms. The van der Waals surface area contributed by atoms with Gasteiger partial charge in [-0.3, -0.25) is 0 Å². The van der Waals surface area contributed by atoms with Crippen LogP contribution >= 0.6 is 15.9 Å². The summed E-state index contributed by atoms with van der Waals surface area (Å²) in [6.45, 7) is 4.33. The third-order valence-corrected chi connectivity index (χ3v) is 4.48. The largest absolute Gasteiger partial charge is 0.356 e. The summed E-state index contributed by atoms with van der Waals surface area (Å²) in [6.07, 6.45) is 4.19. The maximum absolute atomic E-state index is 4.34. The Morgan fingerprint density at radius 3 is 3.17 bits per heavy atom. The summed E-state index contributed by atoms with van der Waals surface area (Å²) in [4.78, 5) is 6.72. The van der Waals surface area contributed by atoms with Crippen molar-refractivity contribution in [2.45, 2.75) is 19.8 Å². The van der Waals surface area contributed by atoms with Crippen LogP contribution in [0.5, 0.6) is 0 Å². The standard InChI is InChI=1S/C13H17BrN4/c1-10-5-12-15-9-16-18(12)13(6-10)17-4-2-3-11(7-14)8-17/h5-6,9,11H,2-4,7-8H2,1H3. The fourth-order valence-electron chi connectivity index (χ4n) is 2.66. The molecule has 0 amide bonds. The van der Waals surface area contributed by atoms with Gasteiger partial charge in [-0.05, 0) is 43.4 Å². The van der Waals surface area contributed by atoms with Crippen LogP contribution in [0.2, 0.25) is 0 Å². The Bertz CT molecular complexity index is 551. The molecule has 0 aromatic carbocycles. The Labute approximate surface area is 115 Å². The predicted molar refractivity (Wildman–Crippen MR) is 76.5 cm³/mol. The Morgan fingerprint density at radius 1 is 1.44 bits per heavy atom. The minimum Gasteiger partial charge on any atom is -0.356 e. The summed E-state index contributed by atoms with van der Waals surface area (Å²) >= 11 is 3.61. The number of fused-ring (bicyclic) bond motifs is 1. The molecule has 0 saturated carbocycles. The zero-order chi connectivity index (χ0) is 12.5. The number of anilines is 1. The molecule has 1 saturated heterocycles. The molecule has 0 N–H and O–H groups in total. The number of nitrogens with zero attached hydrogens (tertiary/aromatic N) is 4. The van der Waals surface area contributed by atoms with Gasteiger partial charge in [0, 0.05) is 18.4 Å².